The Hall–Kier alpha value is -1.74. The van der Waals surface area contributed by atoms with Crippen LogP contribution in [0.15, 0.2) is 48.5 Å². The van der Waals surface area contributed by atoms with Crippen LogP contribution in [0.4, 0.5) is 0 Å². The Balaban J connectivity index is 1.88. The molecule has 0 aliphatic rings. The highest BCUT2D eigenvalue weighted by molar-refractivity contribution is 7.99. The highest BCUT2D eigenvalue weighted by Crippen LogP contribution is 2.20. The number of benzene rings is 2. The highest BCUT2D eigenvalue weighted by atomic mass is 32.2. The van der Waals surface area contributed by atoms with Crippen LogP contribution in [-0.2, 0) is 10.5 Å². The summed E-state index contributed by atoms with van der Waals surface area (Å²) in [5.74, 6) is 0.949. The second kappa shape index (κ2) is 8.21. The normalized spacial score (nSPS) is 13.4. The summed E-state index contributed by atoms with van der Waals surface area (Å²) in [7, 11) is 0. The Morgan fingerprint density at radius 1 is 1.04 bits per heavy atom. The second-order valence-corrected chi connectivity index (χ2v) is 7.34. The lowest BCUT2D eigenvalue weighted by molar-refractivity contribution is -0.120. The molecule has 0 heterocycles. The fourth-order valence-electron chi connectivity index (χ4n) is 2.32. The summed E-state index contributed by atoms with van der Waals surface area (Å²) in [5, 5.41) is 3.05. The van der Waals surface area contributed by atoms with Crippen molar-refractivity contribution in [1.82, 2.24) is 5.32 Å². The van der Waals surface area contributed by atoms with Gasteiger partial charge < -0.3 is 5.32 Å². The van der Waals surface area contributed by atoms with Gasteiger partial charge in [-0.3, -0.25) is 4.79 Å². The molecule has 2 aromatic rings. The third-order valence-corrected chi connectivity index (χ3v) is 5.32. The summed E-state index contributed by atoms with van der Waals surface area (Å²) >= 11 is 1.67. The van der Waals surface area contributed by atoms with Crippen LogP contribution in [0.3, 0.4) is 0 Å². The Kier molecular flexibility index (Phi) is 6.28. The first-order valence-corrected chi connectivity index (χ1v) is 9.05. The maximum atomic E-state index is 12.4. The zero-order valence-corrected chi connectivity index (χ0v) is 15.1. The number of carbonyl (C=O) groups excluding carboxylic acids is 1. The third-order valence-electron chi connectivity index (χ3n) is 4.10. The van der Waals surface area contributed by atoms with Crippen molar-refractivity contribution >= 4 is 17.7 Å². The van der Waals surface area contributed by atoms with Gasteiger partial charge >= 0.3 is 0 Å². The highest BCUT2D eigenvalue weighted by Gasteiger charge is 2.16. The molecule has 0 radical (unpaired) electrons. The summed E-state index contributed by atoms with van der Waals surface area (Å²) in [4.78, 5) is 12.4. The SMILES string of the molecule is Cc1ccc([C@H](C)NC(=O)[C@H](C)SCc2ccccc2)cc1C. The van der Waals surface area contributed by atoms with Gasteiger partial charge in [0.05, 0.1) is 11.3 Å². The molecule has 0 aliphatic carbocycles. The van der Waals surface area contributed by atoms with Crippen molar-refractivity contribution in [3.63, 3.8) is 0 Å². The molecule has 1 N–H and O–H groups in total. The van der Waals surface area contributed by atoms with Crippen LogP contribution in [0.25, 0.3) is 0 Å². The van der Waals surface area contributed by atoms with Gasteiger partial charge in [0.1, 0.15) is 0 Å². The molecule has 0 aromatic heterocycles. The van der Waals surface area contributed by atoms with E-state index in [0.717, 1.165) is 11.3 Å². The Morgan fingerprint density at radius 2 is 1.74 bits per heavy atom. The number of carbonyl (C=O) groups is 1. The van der Waals surface area contributed by atoms with Crippen LogP contribution in [0.5, 0.6) is 0 Å². The average molecular weight is 327 g/mol. The van der Waals surface area contributed by atoms with E-state index in [0.29, 0.717) is 0 Å². The van der Waals surface area contributed by atoms with Crippen molar-refractivity contribution in [1.29, 1.82) is 0 Å². The van der Waals surface area contributed by atoms with Gasteiger partial charge in [0.25, 0.3) is 0 Å². The van der Waals surface area contributed by atoms with E-state index in [2.05, 4.69) is 49.5 Å². The molecule has 0 spiro atoms. The van der Waals surface area contributed by atoms with Crippen LogP contribution < -0.4 is 5.32 Å². The monoisotopic (exact) mass is 327 g/mol. The smallest absolute Gasteiger partial charge is 0.233 e. The van der Waals surface area contributed by atoms with E-state index >= 15 is 0 Å². The molecule has 1 amide bonds. The fourth-order valence-corrected chi connectivity index (χ4v) is 3.17. The predicted molar refractivity (Wildman–Crippen MR) is 99.7 cm³/mol. The summed E-state index contributed by atoms with van der Waals surface area (Å²) in [6, 6.07) is 16.6. The van der Waals surface area contributed by atoms with Gasteiger partial charge in [-0.25, -0.2) is 0 Å². The first-order valence-electron chi connectivity index (χ1n) is 8.00. The van der Waals surface area contributed by atoms with Gasteiger partial charge in [-0.1, -0.05) is 48.5 Å². The van der Waals surface area contributed by atoms with E-state index < -0.39 is 0 Å². The number of hydrogen-bond acceptors (Lipinski definition) is 2. The van der Waals surface area contributed by atoms with Gasteiger partial charge in [0, 0.05) is 5.75 Å². The summed E-state index contributed by atoms with van der Waals surface area (Å²) in [6.07, 6.45) is 0. The number of nitrogens with one attached hydrogen (secondary N) is 1. The van der Waals surface area contributed by atoms with E-state index in [1.54, 1.807) is 11.8 Å². The molecule has 23 heavy (non-hydrogen) atoms. The summed E-state index contributed by atoms with van der Waals surface area (Å²) < 4.78 is 0. The Morgan fingerprint density at radius 3 is 2.39 bits per heavy atom. The Bertz CT molecular complexity index is 654. The summed E-state index contributed by atoms with van der Waals surface area (Å²) in [5.41, 5.74) is 4.94. The van der Waals surface area contributed by atoms with Gasteiger partial charge in [0.2, 0.25) is 5.91 Å². The van der Waals surface area contributed by atoms with Crippen LogP contribution in [0, 0.1) is 13.8 Å². The minimum Gasteiger partial charge on any atom is -0.349 e. The van der Waals surface area contributed by atoms with Crippen LogP contribution in [-0.4, -0.2) is 11.2 Å². The zero-order chi connectivity index (χ0) is 16.8. The second-order valence-electron chi connectivity index (χ2n) is 6.01. The molecule has 2 atom stereocenters. The van der Waals surface area contributed by atoms with Crippen molar-refractivity contribution in [3.05, 3.63) is 70.8 Å². The molecule has 2 nitrogen and oxygen atoms in total. The van der Waals surface area contributed by atoms with Crippen molar-refractivity contribution in [2.75, 3.05) is 0 Å². The topological polar surface area (TPSA) is 29.1 Å². The van der Waals surface area contributed by atoms with Crippen LogP contribution in [0.2, 0.25) is 0 Å². The molecule has 2 aromatic carbocycles. The average Bonchev–Trinajstić information content (AvgIpc) is 2.55. The van der Waals surface area contributed by atoms with Gasteiger partial charge in [-0.15, -0.1) is 11.8 Å². The van der Waals surface area contributed by atoms with Crippen molar-refractivity contribution in [3.8, 4) is 0 Å². The fraction of sp³-hybridized carbons (Fsp3) is 0.350. The molecule has 3 heteroatoms. The number of aryl methyl sites for hydroxylation is 2. The van der Waals surface area contributed by atoms with E-state index in [1.165, 1.54) is 16.7 Å². The van der Waals surface area contributed by atoms with Gasteiger partial charge in [-0.05, 0) is 49.9 Å². The van der Waals surface area contributed by atoms with Crippen molar-refractivity contribution in [2.45, 2.75) is 44.7 Å². The number of amides is 1. The Labute approximate surface area is 143 Å². The third kappa shape index (κ3) is 5.14. The lowest BCUT2D eigenvalue weighted by Crippen LogP contribution is -2.33. The lowest BCUT2D eigenvalue weighted by Gasteiger charge is -2.18. The molecule has 0 fully saturated rings. The van der Waals surface area contributed by atoms with Crippen molar-refractivity contribution in [2.24, 2.45) is 0 Å². The molecule has 0 saturated heterocycles. The minimum atomic E-state index is -0.0656. The van der Waals surface area contributed by atoms with Crippen LogP contribution in [0.1, 0.15) is 42.1 Å². The van der Waals surface area contributed by atoms with E-state index in [1.807, 2.05) is 32.0 Å². The molecule has 0 saturated carbocycles. The van der Waals surface area contributed by atoms with E-state index in [4.69, 9.17) is 0 Å². The maximum Gasteiger partial charge on any atom is 0.233 e. The van der Waals surface area contributed by atoms with Gasteiger partial charge in [-0.2, -0.15) is 0 Å². The number of thioether (sulfide) groups is 1. The quantitative estimate of drug-likeness (QED) is 0.825. The summed E-state index contributed by atoms with van der Waals surface area (Å²) in [6.45, 7) is 8.21. The van der Waals surface area contributed by atoms with Crippen LogP contribution >= 0.6 is 11.8 Å². The van der Waals surface area contributed by atoms with Gasteiger partial charge in [0.15, 0.2) is 0 Å². The van der Waals surface area contributed by atoms with E-state index in [-0.39, 0.29) is 17.2 Å². The van der Waals surface area contributed by atoms with Crippen molar-refractivity contribution < 1.29 is 4.79 Å². The molecular weight excluding hydrogens is 302 g/mol. The molecule has 0 unspecified atom stereocenters. The number of hydrogen-bond donors (Lipinski definition) is 1. The lowest BCUT2D eigenvalue weighted by atomic mass is 10.0. The maximum absolute atomic E-state index is 12.4. The molecule has 2 rings (SSSR count). The van der Waals surface area contributed by atoms with E-state index in [9.17, 15) is 4.79 Å². The molecule has 122 valence electrons. The largest absolute Gasteiger partial charge is 0.349 e. The molecule has 0 aliphatic heterocycles. The minimum absolute atomic E-state index is 0.0292. The zero-order valence-electron chi connectivity index (χ0n) is 14.3. The molecular formula is C20H25NOS. The molecule has 0 bridgehead atoms. The first kappa shape index (κ1) is 17.6. The standard InChI is InChI=1S/C20H25NOS/c1-14-10-11-19(12-15(14)2)16(3)21-20(22)17(4)23-13-18-8-6-5-7-9-18/h5-12,16-17H,13H2,1-4H3,(H,21,22)/t16-,17-/m0/s1. The first-order chi connectivity index (χ1) is 11.0. The predicted octanol–water partition coefficient (Wildman–Crippen LogP) is 4.80. The number of rotatable bonds is 6.